The molecule has 3 heteroatoms. The van der Waals surface area contributed by atoms with E-state index in [4.69, 9.17) is 5.73 Å². The molecule has 1 rings (SSSR count). The normalized spacial score (nSPS) is 22.1. The van der Waals surface area contributed by atoms with E-state index in [1.165, 1.54) is 19.3 Å². The van der Waals surface area contributed by atoms with Crippen molar-refractivity contribution in [3.8, 4) is 0 Å². The first-order valence-corrected chi connectivity index (χ1v) is 6.71. The molecule has 0 aromatic carbocycles. The van der Waals surface area contributed by atoms with Gasteiger partial charge < -0.3 is 10.6 Å². The van der Waals surface area contributed by atoms with Crippen LogP contribution >= 0.6 is 0 Å². The minimum Gasteiger partial charge on any atom is -0.341 e. The van der Waals surface area contributed by atoms with Crippen LogP contribution in [-0.2, 0) is 4.79 Å². The number of amides is 1. The van der Waals surface area contributed by atoms with Gasteiger partial charge in [-0.2, -0.15) is 0 Å². The number of rotatable bonds is 3. The van der Waals surface area contributed by atoms with Crippen molar-refractivity contribution in [2.45, 2.75) is 58.4 Å². The van der Waals surface area contributed by atoms with Gasteiger partial charge in [0.2, 0.25) is 5.91 Å². The van der Waals surface area contributed by atoms with Crippen LogP contribution < -0.4 is 5.73 Å². The van der Waals surface area contributed by atoms with E-state index in [0.29, 0.717) is 0 Å². The van der Waals surface area contributed by atoms with Gasteiger partial charge in [0.1, 0.15) is 0 Å². The first kappa shape index (κ1) is 13.5. The van der Waals surface area contributed by atoms with Crippen LogP contribution in [0.25, 0.3) is 0 Å². The molecule has 1 amide bonds. The molecular formula is C13H26N2O. The lowest BCUT2D eigenvalue weighted by Gasteiger charge is -2.29. The molecule has 1 aliphatic heterocycles. The lowest BCUT2D eigenvalue weighted by Crippen LogP contribution is -2.47. The minimum atomic E-state index is -0.301. The zero-order valence-corrected chi connectivity index (χ0v) is 10.7. The topological polar surface area (TPSA) is 46.3 Å². The zero-order valence-electron chi connectivity index (χ0n) is 10.7. The van der Waals surface area contributed by atoms with Crippen LogP contribution in [0.3, 0.4) is 0 Å². The lowest BCUT2D eigenvalue weighted by molar-refractivity contribution is -0.134. The van der Waals surface area contributed by atoms with Crippen molar-refractivity contribution in [3.05, 3.63) is 0 Å². The summed E-state index contributed by atoms with van der Waals surface area (Å²) in [4.78, 5) is 14.1. The average molecular weight is 226 g/mol. The van der Waals surface area contributed by atoms with Gasteiger partial charge in [-0.25, -0.2) is 0 Å². The summed E-state index contributed by atoms with van der Waals surface area (Å²) in [6.45, 7) is 5.96. The predicted octanol–water partition coefficient (Wildman–Crippen LogP) is 2.15. The van der Waals surface area contributed by atoms with Crippen LogP contribution in [0.2, 0.25) is 0 Å². The first-order chi connectivity index (χ1) is 7.66. The van der Waals surface area contributed by atoms with Crippen molar-refractivity contribution in [1.29, 1.82) is 0 Å². The fourth-order valence-electron chi connectivity index (χ4n) is 2.18. The Kier molecular flexibility index (Phi) is 5.81. The maximum absolute atomic E-state index is 12.2. The molecule has 0 radical (unpaired) electrons. The fraction of sp³-hybridized carbons (Fsp3) is 0.923. The standard InChI is InChI=1S/C13H26N2O/c1-3-11(2)12(14)13(16)15-9-7-5-4-6-8-10-15/h11-12H,3-10,14H2,1-2H3. The Morgan fingerprint density at radius 1 is 1.19 bits per heavy atom. The second kappa shape index (κ2) is 6.89. The van der Waals surface area contributed by atoms with Crippen LogP contribution in [0.4, 0.5) is 0 Å². The maximum atomic E-state index is 12.2. The highest BCUT2D eigenvalue weighted by atomic mass is 16.2. The van der Waals surface area contributed by atoms with Crippen molar-refractivity contribution in [1.82, 2.24) is 4.90 Å². The van der Waals surface area contributed by atoms with Crippen LogP contribution in [0.1, 0.15) is 52.4 Å². The lowest BCUT2D eigenvalue weighted by atomic mass is 9.98. The Labute approximate surface area is 99.4 Å². The van der Waals surface area contributed by atoms with Gasteiger partial charge in [-0.05, 0) is 18.8 Å². The molecule has 1 heterocycles. The second-order valence-corrected chi connectivity index (χ2v) is 5.00. The monoisotopic (exact) mass is 226 g/mol. The molecule has 1 fully saturated rings. The number of hydrogen-bond donors (Lipinski definition) is 1. The molecular weight excluding hydrogens is 200 g/mol. The molecule has 3 nitrogen and oxygen atoms in total. The predicted molar refractivity (Wildman–Crippen MR) is 67.1 cm³/mol. The number of nitrogens with two attached hydrogens (primary N) is 1. The summed E-state index contributed by atoms with van der Waals surface area (Å²) in [6.07, 6.45) is 7.07. The van der Waals surface area contributed by atoms with Crippen molar-refractivity contribution in [2.24, 2.45) is 11.7 Å². The van der Waals surface area contributed by atoms with Crippen LogP contribution in [-0.4, -0.2) is 29.9 Å². The highest BCUT2D eigenvalue weighted by Gasteiger charge is 2.24. The average Bonchev–Trinajstić information content (AvgIpc) is 2.26. The third-order valence-corrected chi connectivity index (χ3v) is 3.71. The Balaban J connectivity index is 2.49. The van der Waals surface area contributed by atoms with Gasteiger partial charge >= 0.3 is 0 Å². The second-order valence-electron chi connectivity index (χ2n) is 5.00. The third kappa shape index (κ3) is 3.78. The highest BCUT2D eigenvalue weighted by Crippen LogP contribution is 2.14. The van der Waals surface area contributed by atoms with Gasteiger partial charge in [0.15, 0.2) is 0 Å². The molecule has 0 spiro atoms. The highest BCUT2D eigenvalue weighted by molar-refractivity contribution is 5.81. The first-order valence-electron chi connectivity index (χ1n) is 6.71. The molecule has 0 aromatic heterocycles. The molecule has 0 aliphatic carbocycles. The molecule has 2 unspecified atom stereocenters. The molecule has 16 heavy (non-hydrogen) atoms. The van der Waals surface area contributed by atoms with Crippen molar-refractivity contribution < 1.29 is 4.79 Å². The van der Waals surface area contributed by atoms with Gasteiger partial charge in [0.25, 0.3) is 0 Å². The van der Waals surface area contributed by atoms with Gasteiger partial charge in [0.05, 0.1) is 6.04 Å². The summed E-state index contributed by atoms with van der Waals surface area (Å²) in [5.74, 6) is 0.453. The zero-order chi connectivity index (χ0) is 12.0. The van der Waals surface area contributed by atoms with E-state index < -0.39 is 0 Å². The summed E-state index contributed by atoms with van der Waals surface area (Å²) < 4.78 is 0. The van der Waals surface area contributed by atoms with E-state index in [1.807, 2.05) is 4.90 Å². The van der Waals surface area contributed by atoms with E-state index >= 15 is 0 Å². The van der Waals surface area contributed by atoms with E-state index in [1.54, 1.807) is 0 Å². The summed E-state index contributed by atoms with van der Waals surface area (Å²) in [5.41, 5.74) is 6.00. The number of nitrogens with zero attached hydrogens (tertiary/aromatic N) is 1. The van der Waals surface area contributed by atoms with E-state index in [-0.39, 0.29) is 17.9 Å². The largest absolute Gasteiger partial charge is 0.341 e. The summed E-state index contributed by atoms with van der Waals surface area (Å²) in [5, 5.41) is 0. The molecule has 0 bridgehead atoms. The smallest absolute Gasteiger partial charge is 0.239 e. The summed E-state index contributed by atoms with van der Waals surface area (Å²) in [6, 6.07) is -0.301. The summed E-state index contributed by atoms with van der Waals surface area (Å²) >= 11 is 0. The maximum Gasteiger partial charge on any atom is 0.239 e. The van der Waals surface area contributed by atoms with Gasteiger partial charge in [-0.15, -0.1) is 0 Å². The van der Waals surface area contributed by atoms with Crippen LogP contribution in [0.5, 0.6) is 0 Å². The Morgan fingerprint density at radius 2 is 1.69 bits per heavy atom. The third-order valence-electron chi connectivity index (χ3n) is 3.71. The molecule has 0 saturated carbocycles. The molecule has 1 saturated heterocycles. The Bertz CT molecular complexity index is 210. The quantitative estimate of drug-likeness (QED) is 0.801. The van der Waals surface area contributed by atoms with Gasteiger partial charge in [-0.3, -0.25) is 4.79 Å². The Hall–Kier alpha value is -0.570. The van der Waals surface area contributed by atoms with Crippen LogP contribution in [0, 0.1) is 5.92 Å². The SMILES string of the molecule is CCC(C)C(N)C(=O)N1CCCCCCC1. The van der Waals surface area contributed by atoms with E-state index in [9.17, 15) is 4.79 Å². The van der Waals surface area contributed by atoms with Crippen LogP contribution in [0.15, 0.2) is 0 Å². The Morgan fingerprint density at radius 3 is 2.19 bits per heavy atom. The van der Waals surface area contributed by atoms with Gasteiger partial charge in [-0.1, -0.05) is 39.5 Å². The molecule has 0 aromatic rings. The molecule has 2 atom stereocenters. The van der Waals surface area contributed by atoms with Gasteiger partial charge in [0, 0.05) is 13.1 Å². The number of hydrogen-bond acceptors (Lipinski definition) is 2. The number of carbonyl (C=O) groups excluding carboxylic acids is 1. The van der Waals surface area contributed by atoms with E-state index in [2.05, 4.69) is 13.8 Å². The molecule has 2 N–H and O–H groups in total. The van der Waals surface area contributed by atoms with Crippen molar-refractivity contribution >= 4 is 5.91 Å². The summed E-state index contributed by atoms with van der Waals surface area (Å²) in [7, 11) is 0. The molecule has 1 aliphatic rings. The number of likely N-dealkylation sites (tertiary alicyclic amines) is 1. The van der Waals surface area contributed by atoms with Crippen molar-refractivity contribution in [2.75, 3.05) is 13.1 Å². The van der Waals surface area contributed by atoms with Crippen molar-refractivity contribution in [3.63, 3.8) is 0 Å². The molecule has 94 valence electrons. The van der Waals surface area contributed by atoms with E-state index in [0.717, 1.165) is 32.4 Å². The minimum absolute atomic E-state index is 0.163. The fourth-order valence-corrected chi connectivity index (χ4v) is 2.18. The number of carbonyl (C=O) groups is 1.